The van der Waals surface area contributed by atoms with Crippen LogP contribution in [0.25, 0.3) is 0 Å². The van der Waals surface area contributed by atoms with Gasteiger partial charge >= 0.3 is 0 Å². The standard InChI is InChI=1S/C16H26N4O/c1-10-8-11(2)19-16(14(10)15(18)21)20(3)13-7-5-4-6-12(13)9-17/h8,12-13H,4-7,9,17H2,1-3H3,(H2,18,21). The van der Waals surface area contributed by atoms with E-state index in [0.717, 1.165) is 24.1 Å². The lowest BCUT2D eigenvalue weighted by atomic mass is 9.83. The number of anilines is 1. The number of aryl methyl sites for hydroxylation is 2. The zero-order chi connectivity index (χ0) is 15.6. The maximum atomic E-state index is 11.8. The maximum absolute atomic E-state index is 11.8. The predicted molar refractivity (Wildman–Crippen MR) is 85.4 cm³/mol. The second kappa shape index (κ2) is 6.43. The molecule has 0 bridgehead atoms. The van der Waals surface area contributed by atoms with E-state index in [9.17, 15) is 4.79 Å². The van der Waals surface area contributed by atoms with Crippen molar-refractivity contribution in [3.8, 4) is 0 Å². The van der Waals surface area contributed by atoms with E-state index in [4.69, 9.17) is 11.5 Å². The normalized spacial score (nSPS) is 22.1. The van der Waals surface area contributed by atoms with Gasteiger partial charge in [0, 0.05) is 18.8 Å². The minimum Gasteiger partial charge on any atom is -0.365 e. The molecule has 1 fully saturated rings. The van der Waals surface area contributed by atoms with Crippen molar-refractivity contribution in [2.45, 2.75) is 45.6 Å². The molecule has 1 aliphatic carbocycles. The van der Waals surface area contributed by atoms with E-state index in [2.05, 4.69) is 9.88 Å². The molecule has 21 heavy (non-hydrogen) atoms. The van der Waals surface area contributed by atoms with Crippen LogP contribution in [-0.2, 0) is 0 Å². The lowest BCUT2D eigenvalue weighted by molar-refractivity contribution is 0.0999. The van der Waals surface area contributed by atoms with Crippen LogP contribution < -0.4 is 16.4 Å². The molecule has 1 aromatic rings. The molecule has 0 spiro atoms. The smallest absolute Gasteiger partial charge is 0.252 e. The molecule has 2 rings (SSSR count). The van der Waals surface area contributed by atoms with Gasteiger partial charge in [0.1, 0.15) is 5.82 Å². The highest BCUT2D eigenvalue weighted by Crippen LogP contribution is 2.32. The minimum atomic E-state index is -0.415. The lowest BCUT2D eigenvalue weighted by Gasteiger charge is -2.39. The van der Waals surface area contributed by atoms with Crippen LogP contribution in [0.2, 0.25) is 0 Å². The van der Waals surface area contributed by atoms with Gasteiger partial charge in [0.25, 0.3) is 5.91 Å². The molecule has 5 heteroatoms. The number of amides is 1. The zero-order valence-electron chi connectivity index (χ0n) is 13.2. The molecule has 1 heterocycles. The molecule has 1 aromatic heterocycles. The first kappa shape index (κ1) is 15.8. The highest BCUT2D eigenvalue weighted by Gasteiger charge is 2.30. The number of rotatable bonds is 4. The summed E-state index contributed by atoms with van der Waals surface area (Å²) in [7, 11) is 2.01. The number of pyridine rings is 1. The Morgan fingerprint density at radius 1 is 1.38 bits per heavy atom. The largest absolute Gasteiger partial charge is 0.365 e. The summed E-state index contributed by atoms with van der Waals surface area (Å²) in [6, 6.07) is 2.23. The summed E-state index contributed by atoms with van der Waals surface area (Å²) in [4.78, 5) is 18.5. The van der Waals surface area contributed by atoms with Gasteiger partial charge < -0.3 is 16.4 Å². The molecule has 0 radical (unpaired) electrons. The van der Waals surface area contributed by atoms with Crippen molar-refractivity contribution in [3.05, 3.63) is 22.9 Å². The van der Waals surface area contributed by atoms with Crippen LogP contribution in [0.15, 0.2) is 6.07 Å². The summed E-state index contributed by atoms with van der Waals surface area (Å²) in [6.07, 6.45) is 4.66. The fourth-order valence-corrected chi connectivity index (χ4v) is 3.51. The molecule has 1 aliphatic rings. The van der Waals surface area contributed by atoms with Gasteiger partial charge in [-0.3, -0.25) is 4.79 Å². The number of primary amides is 1. The third kappa shape index (κ3) is 3.18. The van der Waals surface area contributed by atoms with E-state index in [1.165, 1.54) is 12.8 Å². The Morgan fingerprint density at radius 3 is 2.67 bits per heavy atom. The van der Waals surface area contributed by atoms with Crippen LogP contribution in [0, 0.1) is 19.8 Å². The summed E-state index contributed by atoms with van der Waals surface area (Å²) in [5, 5.41) is 0. The van der Waals surface area contributed by atoms with Gasteiger partial charge in [-0.25, -0.2) is 4.98 Å². The molecule has 0 aliphatic heterocycles. The fraction of sp³-hybridized carbons (Fsp3) is 0.625. The topological polar surface area (TPSA) is 85.2 Å². The van der Waals surface area contributed by atoms with Crippen molar-refractivity contribution in [3.63, 3.8) is 0 Å². The van der Waals surface area contributed by atoms with Crippen molar-refractivity contribution < 1.29 is 4.79 Å². The number of nitrogens with two attached hydrogens (primary N) is 2. The van der Waals surface area contributed by atoms with Crippen LogP contribution >= 0.6 is 0 Å². The minimum absolute atomic E-state index is 0.329. The monoisotopic (exact) mass is 290 g/mol. The zero-order valence-corrected chi connectivity index (χ0v) is 13.2. The Balaban J connectivity index is 2.42. The summed E-state index contributed by atoms with van der Waals surface area (Å²) < 4.78 is 0. The van der Waals surface area contributed by atoms with Crippen molar-refractivity contribution in [1.82, 2.24) is 4.98 Å². The molecule has 2 atom stereocenters. The molecule has 116 valence electrons. The number of nitrogens with zero attached hydrogens (tertiary/aromatic N) is 2. The fourth-order valence-electron chi connectivity index (χ4n) is 3.51. The van der Waals surface area contributed by atoms with Crippen LogP contribution in [0.3, 0.4) is 0 Å². The summed E-state index contributed by atoms with van der Waals surface area (Å²) in [5.41, 5.74) is 13.8. The first-order valence-corrected chi connectivity index (χ1v) is 7.66. The second-order valence-corrected chi connectivity index (χ2v) is 6.10. The summed E-state index contributed by atoms with van der Waals surface area (Å²) in [5.74, 6) is 0.736. The summed E-state index contributed by atoms with van der Waals surface area (Å²) in [6.45, 7) is 4.52. The molecular weight excluding hydrogens is 264 g/mol. The van der Waals surface area contributed by atoms with Gasteiger partial charge in [0.05, 0.1) is 5.56 Å². The highest BCUT2D eigenvalue weighted by atomic mass is 16.1. The van der Waals surface area contributed by atoms with E-state index in [1.807, 2.05) is 27.0 Å². The van der Waals surface area contributed by atoms with Crippen LogP contribution in [0.1, 0.15) is 47.3 Å². The molecule has 1 saturated carbocycles. The van der Waals surface area contributed by atoms with Crippen LogP contribution in [-0.4, -0.2) is 30.5 Å². The number of hydrogen-bond donors (Lipinski definition) is 2. The quantitative estimate of drug-likeness (QED) is 0.884. The Labute approximate surface area is 126 Å². The molecule has 0 saturated heterocycles. The Hall–Kier alpha value is -1.62. The van der Waals surface area contributed by atoms with E-state index in [1.54, 1.807) is 0 Å². The van der Waals surface area contributed by atoms with Gasteiger partial charge in [-0.15, -0.1) is 0 Å². The highest BCUT2D eigenvalue weighted by molar-refractivity contribution is 5.99. The van der Waals surface area contributed by atoms with E-state index in [0.29, 0.717) is 29.9 Å². The van der Waals surface area contributed by atoms with Gasteiger partial charge in [0.15, 0.2) is 0 Å². The average molecular weight is 290 g/mol. The first-order chi connectivity index (χ1) is 9.95. The molecule has 2 unspecified atom stereocenters. The van der Waals surface area contributed by atoms with Crippen molar-refractivity contribution in [2.24, 2.45) is 17.4 Å². The number of hydrogen-bond acceptors (Lipinski definition) is 4. The predicted octanol–water partition coefficient (Wildman–Crippen LogP) is 1.75. The molecule has 4 N–H and O–H groups in total. The lowest BCUT2D eigenvalue weighted by Crippen LogP contribution is -2.44. The van der Waals surface area contributed by atoms with Gasteiger partial charge in [0.2, 0.25) is 0 Å². The Bertz CT molecular complexity index is 529. The third-order valence-corrected chi connectivity index (χ3v) is 4.58. The molecule has 1 amide bonds. The van der Waals surface area contributed by atoms with E-state index in [-0.39, 0.29) is 0 Å². The van der Waals surface area contributed by atoms with Gasteiger partial charge in [-0.2, -0.15) is 0 Å². The number of carbonyl (C=O) groups excluding carboxylic acids is 1. The molecular formula is C16H26N4O. The first-order valence-electron chi connectivity index (χ1n) is 7.66. The van der Waals surface area contributed by atoms with Crippen LogP contribution in [0.4, 0.5) is 5.82 Å². The van der Waals surface area contributed by atoms with Crippen LogP contribution in [0.5, 0.6) is 0 Å². The number of carbonyl (C=O) groups is 1. The maximum Gasteiger partial charge on any atom is 0.252 e. The van der Waals surface area contributed by atoms with E-state index >= 15 is 0 Å². The van der Waals surface area contributed by atoms with Crippen molar-refractivity contribution >= 4 is 11.7 Å². The van der Waals surface area contributed by atoms with Crippen molar-refractivity contribution in [2.75, 3.05) is 18.5 Å². The van der Waals surface area contributed by atoms with E-state index < -0.39 is 5.91 Å². The SMILES string of the molecule is Cc1cc(C)c(C(N)=O)c(N(C)C2CCCCC2CN)n1. The van der Waals surface area contributed by atoms with Gasteiger partial charge in [-0.1, -0.05) is 12.8 Å². The Morgan fingerprint density at radius 2 is 2.05 bits per heavy atom. The molecule has 5 nitrogen and oxygen atoms in total. The second-order valence-electron chi connectivity index (χ2n) is 6.10. The Kier molecular flexibility index (Phi) is 4.83. The average Bonchev–Trinajstić information content (AvgIpc) is 2.45. The van der Waals surface area contributed by atoms with Gasteiger partial charge in [-0.05, 0) is 50.8 Å². The summed E-state index contributed by atoms with van der Waals surface area (Å²) >= 11 is 0. The third-order valence-electron chi connectivity index (χ3n) is 4.58. The van der Waals surface area contributed by atoms with Crippen molar-refractivity contribution in [1.29, 1.82) is 0 Å². The number of aromatic nitrogens is 1. The molecule has 0 aromatic carbocycles.